The third-order valence-corrected chi connectivity index (χ3v) is 6.69. The first kappa shape index (κ1) is 21.7. The van der Waals surface area contributed by atoms with Gasteiger partial charge in [-0.25, -0.2) is 22.1 Å². The fraction of sp³-hybridized carbons (Fsp3) is 0.316. The lowest BCUT2D eigenvalue weighted by Gasteiger charge is -2.34. The summed E-state index contributed by atoms with van der Waals surface area (Å²) in [5.41, 5.74) is 5.53. The lowest BCUT2D eigenvalue weighted by Crippen LogP contribution is -2.50. The summed E-state index contributed by atoms with van der Waals surface area (Å²) in [7, 11) is -0.928. The number of hydrogen-bond acceptors (Lipinski definition) is 7. The maximum Gasteiger partial charge on any atom is 0.274 e. The van der Waals surface area contributed by atoms with E-state index in [2.05, 4.69) is 15.3 Å². The van der Waals surface area contributed by atoms with Gasteiger partial charge in [0.15, 0.2) is 0 Å². The molecule has 1 aromatic heterocycles. The van der Waals surface area contributed by atoms with Crippen LogP contribution in [0, 0.1) is 5.82 Å². The van der Waals surface area contributed by atoms with Crippen LogP contribution in [0.3, 0.4) is 0 Å². The Kier molecular flexibility index (Phi) is 5.77. The van der Waals surface area contributed by atoms with E-state index in [4.69, 9.17) is 10.5 Å². The summed E-state index contributed by atoms with van der Waals surface area (Å²) in [5, 5.41) is 2.64. The zero-order chi connectivity index (χ0) is 22.1. The monoisotopic (exact) mass is 435 g/mol. The number of sulfonamides is 1. The molecule has 11 heteroatoms. The number of guanidine groups is 1. The van der Waals surface area contributed by atoms with E-state index in [0.717, 1.165) is 15.9 Å². The van der Waals surface area contributed by atoms with Gasteiger partial charge in [0.05, 0.1) is 12.4 Å². The van der Waals surface area contributed by atoms with E-state index in [1.54, 1.807) is 19.2 Å². The van der Waals surface area contributed by atoms with Gasteiger partial charge in [-0.2, -0.15) is 0 Å². The number of pyridine rings is 1. The number of nitrogens with one attached hydrogen (secondary N) is 1. The van der Waals surface area contributed by atoms with Gasteiger partial charge in [0, 0.05) is 31.6 Å². The highest BCUT2D eigenvalue weighted by molar-refractivity contribution is 7.89. The van der Waals surface area contributed by atoms with Gasteiger partial charge in [0.2, 0.25) is 16.0 Å². The lowest BCUT2D eigenvalue weighted by atomic mass is 9.93. The van der Waals surface area contributed by atoms with Crippen molar-refractivity contribution in [3.63, 3.8) is 0 Å². The number of aliphatic imine (C=N–C) groups is 1. The molecule has 0 fully saturated rings. The minimum absolute atomic E-state index is 0.00308. The Labute approximate surface area is 173 Å². The lowest BCUT2D eigenvalue weighted by molar-refractivity contribution is 0.102. The number of rotatable bonds is 5. The number of ether oxygens (including phenoxy) is 1. The number of amides is 1. The van der Waals surface area contributed by atoms with Crippen LogP contribution < -0.4 is 11.1 Å². The number of nitrogens with zero attached hydrogens (tertiary/aromatic N) is 3. The van der Waals surface area contributed by atoms with Crippen molar-refractivity contribution in [2.45, 2.75) is 19.1 Å². The molecule has 0 radical (unpaired) electrons. The van der Waals surface area contributed by atoms with Crippen LogP contribution in [0.2, 0.25) is 0 Å². The second kappa shape index (κ2) is 8.00. The van der Waals surface area contributed by atoms with E-state index in [0.29, 0.717) is 6.61 Å². The Balaban J connectivity index is 1.89. The van der Waals surface area contributed by atoms with E-state index in [1.165, 1.54) is 32.3 Å². The van der Waals surface area contributed by atoms with Crippen LogP contribution in [0.1, 0.15) is 28.5 Å². The van der Waals surface area contributed by atoms with Crippen molar-refractivity contribution in [3.05, 3.63) is 59.2 Å². The Bertz CT molecular complexity index is 1100. The van der Waals surface area contributed by atoms with E-state index >= 15 is 0 Å². The van der Waals surface area contributed by atoms with Crippen LogP contribution >= 0.6 is 0 Å². The van der Waals surface area contributed by atoms with Crippen LogP contribution in [0.4, 0.5) is 10.1 Å². The van der Waals surface area contributed by atoms with Gasteiger partial charge in [-0.15, -0.1) is 0 Å². The summed E-state index contributed by atoms with van der Waals surface area (Å²) in [6, 6.07) is 7.12. The number of benzene rings is 1. The average molecular weight is 435 g/mol. The molecule has 0 saturated heterocycles. The minimum atomic E-state index is -3.77. The number of methoxy groups -OCH3 is 1. The highest BCUT2D eigenvalue weighted by Crippen LogP contribution is 2.34. The van der Waals surface area contributed by atoms with E-state index in [9.17, 15) is 17.6 Å². The molecule has 0 spiro atoms. The zero-order valence-electron chi connectivity index (χ0n) is 16.7. The number of aromatic nitrogens is 1. The molecule has 1 amide bonds. The minimum Gasteiger partial charge on any atom is -0.380 e. The topological polar surface area (TPSA) is 127 Å². The smallest absolute Gasteiger partial charge is 0.274 e. The summed E-state index contributed by atoms with van der Waals surface area (Å²) in [6.07, 6.45) is 1.52. The first-order chi connectivity index (χ1) is 14.1. The summed E-state index contributed by atoms with van der Waals surface area (Å²) < 4.78 is 45.2. The highest BCUT2D eigenvalue weighted by atomic mass is 32.2. The molecule has 0 aliphatic carbocycles. The maximum absolute atomic E-state index is 14.6. The molecule has 0 saturated carbocycles. The van der Waals surface area contributed by atoms with Crippen LogP contribution in [0.25, 0.3) is 0 Å². The number of carbonyl (C=O) groups excluding carboxylic acids is 1. The summed E-state index contributed by atoms with van der Waals surface area (Å²) in [6.45, 7) is 1.85. The summed E-state index contributed by atoms with van der Waals surface area (Å²) in [4.78, 5) is 20.8. The van der Waals surface area contributed by atoms with E-state index in [1.807, 2.05) is 0 Å². The van der Waals surface area contributed by atoms with Crippen LogP contribution in [-0.4, -0.2) is 49.5 Å². The van der Waals surface area contributed by atoms with Crippen LogP contribution in [-0.2, 0) is 26.9 Å². The van der Waals surface area contributed by atoms with Gasteiger partial charge in [-0.05, 0) is 36.8 Å². The van der Waals surface area contributed by atoms with Crippen LogP contribution in [0.5, 0.6) is 0 Å². The molecule has 2 heterocycles. The first-order valence-electron chi connectivity index (χ1n) is 8.93. The number of carbonyl (C=O) groups is 1. The molecular formula is C19H22FN5O4S. The quantitative estimate of drug-likeness (QED) is 0.731. The Morgan fingerprint density at radius 1 is 1.37 bits per heavy atom. The molecule has 9 nitrogen and oxygen atoms in total. The van der Waals surface area contributed by atoms with Gasteiger partial charge in [0.25, 0.3) is 5.91 Å². The fourth-order valence-corrected chi connectivity index (χ4v) is 4.56. The van der Waals surface area contributed by atoms with Crippen molar-refractivity contribution in [1.82, 2.24) is 9.29 Å². The summed E-state index contributed by atoms with van der Waals surface area (Å²) in [5.74, 6) is -1.86. The third-order valence-electron chi connectivity index (χ3n) is 4.74. The largest absolute Gasteiger partial charge is 0.380 e. The molecular weight excluding hydrogens is 413 g/mol. The SMILES string of the molecule is COCc1ccc(C(=O)Nc2ccc(F)c([C@]3(C)CS(=O)(=O)N(C)C(N)=N3)c2)nc1. The third kappa shape index (κ3) is 4.26. The number of nitrogens with two attached hydrogens (primary N) is 1. The molecule has 0 bridgehead atoms. The molecule has 160 valence electrons. The predicted octanol–water partition coefficient (Wildman–Crippen LogP) is 1.42. The zero-order valence-corrected chi connectivity index (χ0v) is 17.5. The van der Waals surface area contributed by atoms with Gasteiger partial charge in [0.1, 0.15) is 17.1 Å². The molecule has 30 heavy (non-hydrogen) atoms. The molecule has 1 atom stereocenters. The van der Waals surface area contributed by atoms with Gasteiger partial charge >= 0.3 is 0 Å². The van der Waals surface area contributed by atoms with Crippen molar-refractivity contribution in [2.75, 3.05) is 25.2 Å². The van der Waals surface area contributed by atoms with Crippen molar-refractivity contribution >= 4 is 27.6 Å². The fourth-order valence-electron chi connectivity index (χ4n) is 3.11. The van der Waals surface area contributed by atoms with Crippen LogP contribution in [0.15, 0.2) is 41.5 Å². The standard InChI is InChI=1S/C19H22FN5O4S/c1-19(11-30(27,28)25(2)18(21)24-19)14-8-13(5-6-15(14)20)23-17(26)16-7-4-12(9-22-16)10-29-3/h4-9H,10-11H2,1-3H3,(H2,21,24)(H,23,26)/t19-/m0/s1. The highest BCUT2D eigenvalue weighted by Gasteiger charge is 2.41. The number of halogens is 1. The Morgan fingerprint density at radius 2 is 2.10 bits per heavy atom. The van der Waals surface area contributed by atoms with Crippen molar-refractivity contribution < 1.29 is 22.3 Å². The molecule has 1 aromatic carbocycles. The molecule has 3 rings (SSSR count). The van der Waals surface area contributed by atoms with Crippen molar-refractivity contribution in [3.8, 4) is 0 Å². The second-order valence-electron chi connectivity index (χ2n) is 7.10. The number of hydrogen-bond donors (Lipinski definition) is 2. The average Bonchev–Trinajstić information content (AvgIpc) is 2.68. The first-order valence-corrected chi connectivity index (χ1v) is 10.5. The number of anilines is 1. The normalized spacial score (nSPS) is 20.5. The molecule has 0 unspecified atom stereocenters. The van der Waals surface area contributed by atoms with Gasteiger partial charge in [-0.3, -0.25) is 9.78 Å². The van der Waals surface area contributed by atoms with Gasteiger partial charge < -0.3 is 15.8 Å². The predicted molar refractivity (Wildman–Crippen MR) is 110 cm³/mol. The van der Waals surface area contributed by atoms with Crippen molar-refractivity contribution in [2.24, 2.45) is 10.7 Å². The second-order valence-corrected chi connectivity index (χ2v) is 9.10. The molecule has 3 N–H and O–H groups in total. The summed E-state index contributed by atoms with van der Waals surface area (Å²) >= 11 is 0. The molecule has 2 aromatic rings. The maximum atomic E-state index is 14.6. The Morgan fingerprint density at radius 3 is 2.70 bits per heavy atom. The van der Waals surface area contributed by atoms with E-state index < -0.39 is 33.0 Å². The molecule has 1 aliphatic rings. The van der Waals surface area contributed by atoms with Crippen molar-refractivity contribution in [1.29, 1.82) is 0 Å². The Hall–Kier alpha value is -3.05. The molecule has 1 aliphatic heterocycles. The van der Waals surface area contributed by atoms with E-state index in [-0.39, 0.29) is 22.9 Å². The van der Waals surface area contributed by atoms with Gasteiger partial charge in [-0.1, -0.05) is 6.07 Å².